The Morgan fingerprint density at radius 2 is 2.08 bits per heavy atom. The molecule has 0 radical (unpaired) electrons. The largest absolute Gasteiger partial charge is 0.354 e. The van der Waals surface area contributed by atoms with Crippen LogP contribution in [0, 0.1) is 0 Å². The van der Waals surface area contributed by atoms with Crippen molar-refractivity contribution in [1.29, 1.82) is 0 Å². The van der Waals surface area contributed by atoms with Gasteiger partial charge in [-0.05, 0) is 24.3 Å². The van der Waals surface area contributed by atoms with Crippen LogP contribution < -0.4 is 5.32 Å². The van der Waals surface area contributed by atoms with E-state index in [9.17, 15) is 0 Å². The van der Waals surface area contributed by atoms with Crippen LogP contribution >= 0.6 is 23.4 Å². The van der Waals surface area contributed by atoms with Gasteiger partial charge in [-0.1, -0.05) is 18.7 Å². The first-order valence-electron chi connectivity index (χ1n) is 4.04. The van der Waals surface area contributed by atoms with E-state index >= 15 is 0 Å². The van der Waals surface area contributed by atoms with Crippen LogP contribution in [-0.4, -0.2) is 27.2 Å². The highest BCUT2D eigenvalue weighted by Gasteiger charge is 2.03. The zero-order valence-electron chi connectivity index (χ0n) is 7.54. The van der Waals surface area contributed by atoms with E-state index < -0.39 is 0 Å². The summed E-state index contributed by atoms with van der Waals surface area (Å²) in [6.45, 7) is 4.79. The average molecular weight is 219 g/mol. The van der Waals surface area contributed by atoms with E-state index in [1.54, 1.807) is 11.8 Å². The van der Waals surface area contributed by atoms with E-state index in [4.69, 9.17) is 11.6 Å². The fourth-order valence-corrected chi connectivity index (χ4v) is 1.53. The summed E-state index contributed by atoms with van der Waals surface area (Å²) in [5.74, 6) is 1.46. The molecule has 1 rings (SSSR count). The predicted octanol–water partition coefficient (Wildman–Crippen LogP) is 2.07. The second kappa shape index (κ2) is 5.24. The number of hydrogen-bond acceptors (Lipinski definition) is 5. The van der Waals surface area contributed by atoms with Gasteiger partial charge in [0, 0.05) is 6.54 Å². The number of aromatic nitrogens is 3. The van der Waals surface area contributed by atoms with Crippen LogP contribution in [0.2, 0.25) is 5.28 Å². The van der Waals surface area contributed by atoms with E-state index in [1.165, 1.54) is 0 Å². The van der Waals surface area contributed by atoms with E-state index in [0.29, 0.717) is 11.1 Å². The lowest BCUT2D eigenvalue weighted by molar-refractivity contribution is 0.899. The predicted molar refractivity (Wildman–Crippen MR) is 55.4 cm³/mol. The second-order valence-corrected chi connectivity index (χ2v) is 3.74. The summed E-state index contributed by atoms with van der Waals surface area (Å²) in [5.41, 5.74) is 0. The van der Waals surface area contributed by atoms with Crippen molar-refractivity contribution in [3.63, 3.8) is 0 Å². The first-order valence-corrected chi connectivity index (χ1v) is 5.40. The molecule has 4 nitrogen and oxygen atoms in total. The summed E-state index contributed by atoms with van der Waals surface area (Å²) >= 11 is 7.25. The number of nitrogens with zero attached hydrogens (tertiary/aromatic N) is 3. The maximum absolute atomic E-state index is 5.71. The van der Waals surface area contributed by atoms with Gasteiger partial charge in [-0.15, -0.1) is 0 Å². The van der Waals surface area contributed by atoms with Crippen molar-refractivity contribution in [2.75, 3.05) is 17.6 Å². The molecule has 1 aromatic rings. The van der Waals surface area contributed by atoms with Crippen molar-refractivity contribution in [2.45, 2.75) is 19.0 Å². The SMILES string of the molecule is CCNc1nc(Cl)nc(SCC)n1. The van der Waals surface area contributed by atoms with Gasteiger partial charge >= 0.3 is 0 Å². The third-order valence-corrected chi connectivity index (χ3v) is 2.09. The number of nitrogens with one attached hydrogen (secondary N) is 1. The first-order chi connectivity index (χ1) is 6.26. The lowest BCUT2D eigenvalue weighted by Crippen LogP contribution is -2.04. The fourth-order valence-electron chi connectivity index (χ4n) is 0.763. The second-order valence-electron chi connectivity index (χ2n) is 2.17. The molecule has 1 heterocycles. The van der Waals surface area contributed by atoms with Gasteiger partial charge in [0.25, 0.3) is 0 Å². The molecule has 0 spiro atoms. The Kier molecular flexibility index (Phi) is 4.24. The van der Waals surface area contributed by atoms with E-state index in [-0.39, 0.29) is 5.28 Å². The molecular weight excluding hydrogens is 208 g/mol. The highest BCUT2D eigenvalue weighted by Crippen LogP contribution is 2.15. The van der Waals surface area contributed by atoms with Crippen LogP contribution in [0.15, 0.2) is 5.16 Å². The van der Waals surface area contributed by atoms with E-state index in [0.717, 1.165) is 12.3 Å². The van der Waals surface area contributed by atoms with Gasteiger partial charge in [-0.2, -0.15) is 15.0 Å². The minimum absolute atomic E-state index is 0.238. The molecule has 0 fully saturated rings. The molecule has 0 amide bonds. The molecule has 1 aromatic heterocycles. The van der Waals surface area contributed by atoms with Crippen molar-refractivity contribution in [3.8, 4) is 0 Å². The normalized spacial score (nSPS) is 10.1. The molecule has 0 bridgehead atoms. The highest BCUT2D eigenvalue weighted by atomic mass is 35.5. The maximum Gasteiger partial charge on any atom is 0.228 e. The third kappa shape index (κ3) is 3.36. The van der Waals surface area contributed by atoms with Gasteiger partial charge in [0.2, 0.25) is 11.2 Å². The molecule has 13 heavy (non-hydrogen) atoms. The topological polar surface area (TPSA) is 50.7 Å². The maximum atomic E-state index is 5.71. The van der Waals surface area contributed by atoms with Gasteiger partial charge in [0.15, 0.2) is 5.16 Å². The molecule has 0 saturated carbocycles. The fraction of sp³-hybridized carbons (Fsp3) is 0.571. The minimum atomic E-state index is 0.238. The highest BCUT2D eigenvalue weighted by molar-refractivity contribution is 7.99. The number of thioether (sulfide) groups is 1. The number of halogens is 1. The molecule has 0 saturated heterocycles. The van der Waals surface area contributed by atoms with Crippen LogP contribution in [0.4, 0.5) is 5.95 Å². The summed E-state index contributed by atoms with van der Waals surface area (Å²) in [4.78, 5) is 12.1. The van der Waals surface area contributed by atoms with Gasteiger partial charge in [0.05, 0.1) is 0 Å². The van der Waals surface area contributed by atoms with E-state index in [1.807, 2.05) is 13.8 Å². The Balaban J connectivity index is 2.83. The average Bonchev–Trinajstić information content (AvgIpc) is 2.04. The smallest absolute Gasteiger partial charge is 0.228 e. The molecule has 0 aliphatic carbocycles. The zero-order valence-corrected chi connectivity index (χ0v) is 9.11. The van der Waals surface area contributed by atoms with E-state index in [2.05, 4.69) is 20.3 Å². The quantitative estimate of drug-likeness (QED) is 0.785. The van der Waals surface area contributed by atoms with Crippen molar-refractivity contribution in [2.24, 2.45) is 0 Å². The van der Waals surface area contributed by atoms with Gasteiger partial charge in [0.1, 0.15) is 0 Å². The molecule has 72 valence electrons. The third-order valence-electron chi connectivity index (χ3n) is 1.20. The summed E-state index contributed by atoms with van der Waals surface area (Å²) in [5, 5.41) is 3.89. The summed E-state index contributed by atoms with van der Waals surface area (Å²) in [6, 6.07) is 0. The Bertz CT molecular complexity index is 257. The standard InChI is InChI=1S/C7H11ClN4S/c1-3-9-6-10-5(8)11-7(12-6)13-4-2/h3-4H2,1-2H3,(H,9,10,11,12). The molecule has 0 unspecified atom stereocenters. The minimum Gasteiger partial charge on any atom is -0.354 e. The zero-order chi connectivity index (χ0) is 9.68. The summed E-state index contributed by atoms with van der Waals surface area (Å²) in [7, 11) is 0. The lowest BCUT2D eigenvalue weighted by Gasteiger charge is -2.02. The first kappa shape index (κ1) is 10.5. The van der Waals surface area contributed by atoms with Crippen molar-refractivity contribution in [3.05, 3.63) is 5.28 Å². The molecule has 6 heteroatoms. The monoisotopic (exact) mass is 218 g/mol. The Hall–Kier alpha value is -0.550. The van der Waals surface area contributed by atoms with Crippen molar-refractivity contribution in [1.82, 2.24) is 15.0 Å². The van der Waals surface area contributed by atoms with Gasteiger partial charge in [-0.25, -0.2) is 0 Å². The van der Waals surface area contributed by atoms with Crippen LogP contribution in [0.25, 0.3) is 0 Å². The van der Waals surface area contributed by atoms with Crippen LogP contribution in [0.3, 0.4) is 0 Å². The summed E-state index contributed by atoms with van der Waals surface area (Å²) < 4.78 is 0. The number of anilines is 1. The molecule has 0 atom stereocenters. The number of hydrogen-bond donors (Lipinski definition) is 1. The molecule has 0 aliphatic rings. The molecule has 1 N–H and O–H groups in total. The Morgan fingerprint density at radius 1 is 1.31 bits per heavy atom. The number of rotatable bonds is 4. The van der Waals surface area contributed by atoms with Crippen LogP contribution in [0.5, 0.6) is 0 Å². The molecule has 0 aromatic carbocycles. The van der Waals surface area contributed by atoms with Gasteiger partial charge in [-0.3, -0.25) is 0 Å². The molecular formula is C7H11ClN4S. The van der Waals surface area contributed by atoms with Crippen LogP contribution in [0.1, 0.15) is 13.8 Å². The van der Waals surface area contributed by atoms with Crippen molar-refractivity contribution >= 4 is 29.3 Å². The summed E-state index contributed by atoms with van der Waals surface area (Å²) in [6.07, 6.45) is 0. The Labute approximate surface area is 86.5 Å². The Morgan fingerprint density at radius 3 is 2.69 bits per heavy atom. The van der Waals surface area contributed by atoms with Crippen molar-refractivity contribution < 1.29 is 0 Å². The van der Waals surface area contributed by atoms with Crippen LogP contribution in [-0.2, 0) is 0 Å². The van der Waals surface area contributed by atoms with Gasteiger partial charge < -0.3 is 5.32 Å². The lowest BCUT2D eigenvalue weighted by atomic mass is 10.7. The molecule has 0 aliphatic heterocycles.